The Bertz CT molecular complexity index is 2880. The first-order chi connectivity index (χ1) is 29.6. The van der Waals surface area contributed by atoms with Gasteiger partial charge in [0.25, 0.3) is 47.3 Å². The van der Waals surface area contributed by atoms with Crippen LogP contribution in [0.1, 0.15) is 102 Å². The lowest BCUT2D eigenvalue weighted by atomic mass is 9.97. The SMILES string of the molecule is O=C1NC(=O)c2cc(-c3ccc4c(c3)C(=O)N(CCCCCN3C(=O)c5ccc(-c6ccc7c(c6)C(=O)N(c6ncccn6)C7=O)cc5C3=O)C4=O)ccc21.c1cncnc1. The second-order valence-electron chi connectivity index (χ2n) is 14.3. The largest absolute Gasteiger partial charge is 0.288 e. The third-order valence-corrected chi connectivity index (χ3v) is 10.7. The summed E-state index contributed by atoms with van der Waals surface area (Å²) in [6.45, 7) is 0.295. The summed E-state index contributed by atoms with van der Waals surface area (Å²) in [5.41, 5.74) is 4.34. The number of carbonyl (C=O) groups excluding carboxylic acids is 8. The maximum Gasteiger partial charge on any atom is 0.268 e. The molecule has 0 unspecified atom stereocenters. The van der Waals surface area contributed by atoms with Crippen molar-refractivity contribution in [3.8, 4) is 22.3 Å². The zero-order valence-corrected chi connectivity index (χ0v) is 31.9. The van der Waals surface area contributed by atoms with E-state index in [-0.39, 0.29) is 63.5 Å². The van der Waals surface area contributed by atoms with Crippen molar-refractivity contribution in [3.63, 3.8) is 0 Å². The number of hydrogen-bond donors (Lipinski definition) is 1. The normalized spacial score (nSPS) is 14.9. The van der Waals surface area contributed by atoms with Gasteiger partial charge < -0.3 is 0 Å². The first-order valence-corrected chi connectivity index (χ1v) is 19.1. The molecular weight excluding hydrogens is 781 g/mol. The molecule has 0 fully saturated rings. The van der Waals surface area contributed by atoms with Crippen molar-refractivity contribution in [2.45, 2.75) is 19.3 Å². The van der Waals surface area contributed by atoms with E-state index < -0.39 is 47.3 Å². The fourth-order valence-electron chi connectivity index (χ4n) is 7.67. The van der Waals surface area contributed by atoms with Gasteiger partial charge in [0.05, 0.1) is 44.5 Å². The summed E-state index contributed by atoms with van der Waals surface area (Å²) in [6, 6.07) is 22.7. The molecule has 4 aliphatic rings. The Morgan fingerprint density at radius 2 is 0.803 bits per heavy atom. The summed E-state index contributed by atoms with van der Waals surface area (Å²) in [7, 11) is 0. The van der Waals surface area contributed by atoms with Crippen molar-refractivity contribution >= 4 is 53.2 Å². The van der Waals surface area contributed by atoms with Crippen LogP contribution in [0, 0.1) is 0 Å². The zero-order chi connectivity index (χ0) is 42.4. The lowest BCUT2D eigenvalue weighted by Gasteiger charge is -2.15. The Hall–Kier alpha value is -8.40. The Morgan fingerprint density at radius 1 is 0.410 bits per heavy atom. The first kappa shape index (κ1) is 38.1. The van der Waals surface area contributed by atoms with Crippen LogP contribution in [0.15, 0.2) is 116 Å². The number of nitrogens with zero attached hydrogens (tertiary/aromatic N) is 7. The summed E-state index contributed by atoms with van der Waals surface area (Å²) in [5, 5.41) is 2.26. The molecule has 0 bridgehead atoms. The summed E-state index contributed by atoms with van der Waals surface area (Å²) < 4.78 is 0. The molecule has 8 amide bonds. The number of benzene rings is 4. The molecule has 0 radical (unpaired) electrons. The maximum absolute atomic E-state index is 13.4. The number of aromatic nitrogens is 4. The Labute approximate surface area is 345 Å². The zero-order valence-electron chi connectivity index (χ0n) is 31.9. The highest BCUT2D eigenvalue weighted by molar-refractivity contribution is 6.34. The van der Waals surface area contributed by atoms with E-state index in [1.165, 1.54) is 28.5 Å². The fraction of sp³-hybridized carbons (Fsp3) is 0.111. The van der Waals surface area contributed by atoms with Crippen LogP contribution in [-0.4, -0.2) is 90.1 Å². The molecule has 6 heterocycles. The number of amides is 8. The monoisotopic (exact) mass is 810 g/mol. The number of hydrogen-bond acceptors (Lipinski definition) is 12. The number of nitrogens with one attached hydrogen (secondary N) is 1. The van der Waals surface area contributed by atoms with E-state index in [2.05, 4.69) is 25.3 Å². The molecule has 4 aliphatic heterocycles. The van der Waals surface area contributed by atoms with E-state index in [9.17, 15) is 38.4 Å². The molecule has 0 atom stereocenters. The van der Waals surface area contributed by atoms with Crippen LogP contribution in [0.2, 0.25) is 0 Å². The molecule has 0 saturated carbocycles. The van der Waals surface area contributed by atoms with Crippen LogP contribution < -0.4 is 10.2 Å². The van der Waals surface area contributed by atoms with Crippen molar-refractivity contribution in [3.05, 3.63) is 161 Å². The molecule has 298 valence electrons. The third kappa shape index (κ3) is 6.70. The van der Waals surface area contributed by atoms with Crippen LogP contribution >= 0.6 is 0 Å². The van der Waals surface area contributed by atoms with Crippen molar-refractivity contribution < 1.29 is 38.4 Å². The highest BCUT2D eigenvalue weighted by atomic mass is 16.2. The average molecular weight is 811 g/mol. The van der Waals surface area contributed by atoms with E-state index in [1.54, 1.807) is 97.3 Å². The lowest BCUT2D eigenvalue weighted by molar-refractivity contribution is 0.0647. The molecular formula is C45H30N8O8. The predicted octanol–water partition coefficient (Wildman–Crippen LogP) is 5.03. The van der Waals surface area contributed by atoms with Gasteiger partial charge >= 0.3 is 0 Å². The lowest BCUT2D eigenvalue weighted by Crippen LogP contribution is -2.32. The number of unbranched alkanes of at least 4 members (excludes halogenated alkanes) is 2. The quantitative estimate of drug-likeness (QED) is 0.151. The van der Waals surface area contributed by atoms with Crippen LogP contribution in [-0.2, 0) is 0 Å². The Kier molecular flexibility index (Phi) is 9.63. The van der Waals surface area contributed by atoms with Gasteiger partial charge in [-0.15, -0.1) is 0 Å². The standard InChI is InChI=1S/C41H26N6O8.C4H4N2/c48-33-25-9-5-21(17-29(25)34(49)44-33)22-6-10-26-30(18-22)37(52)45(35(26)50)15-2-1-3-16-46-36(51)27-11-7-23(19-31(27)38(46)53)24-8-12-28-32(20-24)40(55)47(39(28)54)41-42-13-4-14-43-41;1-2-5-4-6-3-1/h4-14,17-20H,1-3,15-16H2,(H,44,48,49);1-4H. The predicted molar refractivity (Wildman–Crippen MR) is 215 cm³/mol. The fourth-order valence-corrected chi connectivity index (χ4v) is 7.67. The highest BCUT2D eigenvalue weighted by Gasteiger charge is 2.40. The average Bonchev–Trinajstić information content (AvgIpc) is 3.91. The second-order valence-corrected chi connectivity index (χ2v) is 14.3. The Morgan fingerprint density at radius 3 is 1.28 bits per heavy atom. The highest BCUT2D eigenvalue weighted by Crippen LogP contribution is 2.34. The van der Waals surface area contributed by atoms with Gasteiger partial charge in [-0.3, -0.25) is 53.5 Å². The maximum atomic E-state index is 13.4. The molecule has 16 heteroatoms. The third-order valence-electron chi connectivity index (χ3n) is 10.7. The van der Waals surface area contributed by atoms with Gasteiger partial charge in [-0.05, 0) is 102 Å². The topological polar surface area (TPSA) is 210 Å². The molecule has 1 N–H and O–H groups in total. The van der Waals surface area contributed by atoms with Crippen LogP contribution in [0.25, 0.3) is 22.3 Å². The minimum atomic E-state index is -0.563. The summed E-state index contributed by atoms with van der Waals surface area (Å²) in [6.07, 6.45) is 9.17. The minimum absolute atomic E-state index is 0.0262. The number of anilines is 1. The van der Waals surface area contributed by atoms with Gasteiger partial charge in [0.15, 0.2) is 0 Å². The molecule has 2 aromatic heterocycles. The van der Waals surface area contributed by atoms with Crippen molar-refractivity contribution in [1.29, 1.82) is 0 Å². The summed E-state index contributed by atoms with van der Waals surface area (Å²) >= 11 is 0. The van der Waals surface area contributed by atoms with Gasteiger partial charge in [-0.2, -0.15) is 0 Å². The summed E-state index contributed by atoms with van der Waals surface area (Å²) in [5.74, 6) is -3.80. The molecule has 0 saturated heterocycles. The van der Waals surface area contributed by atoms with Crippen molar-refractivity contribution in [1.82, 2.24) is 35.1 Å². The van der Waals surface area contributed by atoms with E-state index in [1.807, 2.05) is 0 Å². The van der Waals surface area contributed by atoms with Gasteiger partial charge in [-0.1, -0.05) is 24.3 Å². The number of rotatable bonds is 9. The minimum Gasteiger partial charge on any atom is -0.288 e. The molecule has 4 aromatic carbocycles. The van der Waals surface area contributed by atoms with Gasteiger partial charge in [-0.25, -0.2) is 24.8 Å². The van der Waals surface area contributed by atoms with Gasteiger partial charge in [0.2, 0.25) is 5.95 Å². The van der Waals surface area contributed by atoms with Gasteiger partial charge in [0.1, 0.15) is 6.33 Å². The van der Waals surface area contributed by atoms with Crippen molar-refractivity contribution in [2.75, 3.05) is 18.0 Å². The molecule has 0 spiro atoms. The van der Waals surface area contributed by atoms with E-state index in [0.29, 0.717) is 41.5 Å². The smallest absolute Gasteiger partial charge is 0.268 e. The number of carbonyl (C=O) groups is 8. The van der Waals surface area contributed by atoms with E-state index >= 15 is 0 Å². The molecule has 61 heavy (non-hydrogen) atoms. The van der Waals surface area contributed by atoms with Crippen molar-refractivity contribution in [2.24, 2.45) is 0 Å². The number of imide groups is 4. The molecule has 16 nitrogen and oxygen atoms in total. The summed E-state index contributed by atoms with van der Waals surface area (Å²) in [4.78, 5) is 122. The molecule has 6 aromatic rings. The molecule has 0 aliphatic carbocycles. The van der Waals surface area contributed by atoms with Crippen LogP contribution in [0.4, 0.5) is 5.95 Å². The number of fused-ring (bicyclic) bond motifs is 4. The van der Waals surface area contributed by atoms with E-state index in [0.717, 1.165) is 4.90 Å². The van der Waals surface area contributed by atoms with Crippen LogP contribution in [0.5, 0.6) is 0 Å². The second kappa shape index (κ2) is 15.4. The molecule has 10 rings (SSSR count). The van der Waals surface area contributed by atoms with E-state index in [4.69, 9.17) is 0 Å². The first-order valence-electron chi connectivity index (χ1n) is 19.1. The Balaban J connectivity index is 0.000000732. The van der Waals surface area contributed by atoms with Crippen LogP contribution in [0.3, 0.4) is 0 Å². The van der Waals surface area contributed by atoms with Gasteiger partial charge in [0, 0.05) is 37.9 Å².